The molecule has 3 rings (SSSR count). The number of ether oxygens (including phenoxy) is 3. The first-order valence-corrected chi connectivity index (χ1v) is 10.8. The molecular weight excluding hydrogens is 414 g/mol. The standard InChI is InChI=1S/C19H23N3O5S2/c1-25-15-5-8-18(26-2)17(13-15)21-19(28)20-14-3-6-16(7-4-14)29(23,24)22-9-11-27-12-10-22/h3-8,13H,9-12H2,1-2H3,(H2,20,21,28). The maximum Gasteiger partial charge on any atom is 0.243 e. The van der Waals surface area contributed by atoms with Gasteiger partial charge in [-0.1, -0.05) is 0 Å². The Hall–Kier alpha value is -2.40. The molecule has 156 valence electrons. The van der Waals surface area contributed by atoms with Gasteiger partial charge in [-0.15, -0.1) is 0 Å². The zero-order chi connectivity index (χ0) is 20.9. The van der Waals surface area contributed by atoms with Crippen LogP contribution in [0, 0.1) is 0 Å². The normalized spacial score (nSPS) is 14.8. The summed E-state index contributed by atoms with van der Waals surface area (Å²) in [5.41, 5.74) is 1.31. The fraction of sp³-hybridized carbons (Fsp3) is 0.316. The Kier molecular flexibility index (Phi) is 6.91. The van der Waals surface area contributed by atoms with Crippen LogP contribution in [0.2, 0.25) is 0 Å². The van der Waals surface area contributed by atoms with Crippen molar-refractivity contribution < 1.29 is 22.6 Å². The fourth-order valence-corrected chi connectivity index (χ4v) is 4.48. The topological polar surface area (TPSA) is 89.1 Å². The molecule has 0 aromatic heterocycles. The number of sulfonamides is 1. The Morgan fingerprint density at radius 2 is 1.72 bits per heavy atom. The predicted octanol–water partition coefficient (Wildman–Crippen LogP) is 2.53. The van der Waals surface area contributed by atoms with E-state index in [0.717, 1.165) is 0 Å². The summed E-state index contributed by atoms with van der Waals surface area (Å²) in [6, 6.07) is 11.8. The number of nitrogens with zero attached hydrogens (tertiary/aromatic N) is 1. The number of methoxy groups -OCH3 is 2. The average Bonchev–Trinajstić information content (AvgIpc) is 2.74. The van der Waals surface area contributed by atoms with Crippen molar-refractivity contribution in [2.75, 3.05) is 51.2 Å². The lowest BCUT2D eigenvalue weighted by atomic mass is 10.2. The van der Waals surface area contributed by atoms with E-state index in [1.165, 1.54) is 4.31 Å². The number of rotatable bonds is 6. The lowest BCUT2D eigenvalue weighted by Crippen LogP contribution is -2.40. The van der Waals surface area contributed by atoms with Crippen LogP contribution >= 0.6 is 12.2 Å². The second-order valence-electron chi connectivity index (χ2n) is 6.19. The molecule has 0 unspecified atom stereocenters. The molecule has 1 saturated heterocycles. The van der Waals surface area contributed by atoms with Crippen molar-refractivity contribution in [3.8, 4) is 11.5 Å². The van der Waals surface area contributed by atoms with Gasteiger partial charge in [-0.2, -0.15) is 4.31 Å². The van der Waals surface area contributed by atoms with Crippen LogP contribution in [0.3, 0.4) is 0 Å². The van der Waals surface area contributed by atoms with Crippen molar-refractivity contribution in [3.63, 3.8) is 0 Å². The minimum atomic E-state index is -3.53. The Morgan fingerprint density at radius 1 is 1.03 bits per heavy atom. The molecule has 10 heteroatoms. The number of hydrogen-bond donors (Lipinski definition) is 2. The van der Waals surface area contributed by atoms with Crippen LogP contribution in [0.4, 0.5) is 11.4 Å². The first kappa shape index (κ1) is 21.3. The van der Waals surface area contributed by atoms with Gasteiger partial charge in [0, 0.05) is 24.8 Å². The largest absolute Gasteiger partial charge is 0.497 e. The molecule has 1 aliphatic heterocycles. The molecule has 2 aromatic carbocycles. The quantitative estimate of drug-likeness (QED) is 0.667. The fourth-order valence-electron chi connectivity index (χ4n) is 2.84. The second-order valence-corrected chi connectivity index (χ2v) is 8.53. The first-order chi connectivity index (χ1) is 13.9. The van der Waals surface area contributed by atoms with E-state index in [1.54, 1.807) is 56.7 Å². The van der Waals surface area contributed by atoms with E-state index in [0.29, 0.717) is 54.3 Å². The van der Waals surface area contributed by atoms with Gasteiger partial charge in [0.25, 0.3) is 0 Å². The van der Waals surface area contributed by atoms with E-state index in [2.05, 4.69) is 10.6 Å². The zero-order valence-corrected chi connectivity index (χ0v) is 17.8. The molecule has 1 fully saturated rings. The van der Waals surface area contributed by atoms with Crippen molar-refractivity contribution in [1.82, 2.24) is 4.31 Å². The van der Waals surface area contributed by atoms with Gasteiger partial charge < -0.3 is 24.8 Å². The van der Waals surface area contributed by atoms with E-state index < -0.39 is 10.0 Å². The minimum absolute atomic E-state index is 0.235. The third-order valence-corrected chi connectivity index (χ3v) is 6.49. The van der Waals surface area contributed by atoms with Crippen LogP contribution in [0.25, 0.3) is 0 Å². The number of nitrogens with one attached hydrogen (secondary N) is 2. The summed E-state index contributed by atoms with van der Waals surface area (Å²) in [7, 11) is -0.381. The van der Waals surface area contributed by atoms with E-state index >= 15 is 0 Å². The Labute approximate surface area is 175 Å². The summed E-state index contributed by atoms with van der Waals surface area (Å²) in [6.07, 6.45) is 0. The molecule has 2 aromatic rings. The molecule has 29 heavy (non-hydrogen) atoms. The molecule has 2 N–H and O–H groups in total. The third-order valence-electron chi connectivity index (χ3n) is 4.37. The van der Waals surface area contributed by atoms with Crippen molar-refractivity contribution >= 4 is 38.7 Å². The number of hydrogen-bond acceptors (Lipinski definition) is 6. The minimum Gasteiger partial charge on any atom is -0.497 e. The summed E-state index contributed by atoms with van der Waals surface area (Å²) in [6.45, 7) is 1.54. The Bertz CT molecular complexity index is 958. The van der Waals surface area contributed by atoms with Gasteiger partial charge in [0.1, 0.15) is 11.5 Å². The van der Waals surface area contributed by atoms with Gasteiger partial charge in [-0.05, 0) is 48.6 Å². The number of thiocarbonyl (C=S) groups is 1. The second kappa shape index (κ2) is 9.40. The molecule has 0 aliphatic carbocycles. The van der Waals surface area contributed by atoms with Crippen LogP contribution in [-0.4, -0.2) is 58.4 Å². The van der Waals surface area contributed by atoms with E-state index in [9.17, 15) is 8.42 Å². The Morgan fingerprint density at radius 3 is 2.34 bits per heavy atom. The van der Waals surface area contributed by atoms with Gasteiger partial charge in [0.15, 0.2) is 5.11 Å². The summed E-state index contributed by atoms with van der Waals surface area (Å²) in [5.74, 6) is 1.27. The van der Waals surface area contributed by atoms with Crippen molar-refractivity contribution in [3.05, 3.63) is 42.5 Å². The first-order valence-electron chi connectivity index (χ1n) is 8.92. The maximum absolute atomic E-state index is 12.7. The number of benzene rings is 2. The third kappa shape index (κ3) is 5.15. The molecule has 0 saturated carbocycles. The summed E-state index contributed by atoms with van der Waals surface area (Å²) >= 11 is 5.35. The molecule has 1 aliphatic rings. The molecule has 0 atom stereocenters. The predicted molar refractivity (Wildman–Crippen MR) is 115 cm³/mol. The SMILES string of the molecule is COc1ccc(OC)c(NC(=S)Nc2ccc(S(=O)(=O)N3CCOCC3)cc2)c1. The van der Waals surface area contributed by atoms with E-state index in [-0.39, 0.29) is 4.90 Å². The van der Waals surface area contributed by atoms with Crippen LogP contribution in [-0.2, 0) is 14.8 Å². The van der Waals surface area contributed by atoms with Crippen LogP contribution in [0.5, 0.6) is 11.5 Å². The highest BCUT2D eigenvalue weighted by Gasteiger charge is 2.26. The number of anilines is 2. The smallest absolute Gasteiger partial charge is 0.243 e. The van der Waals surface area contributed by atoms with Crippen LogP contribution in [0.15, 0.2) is 47.4 Å². The molecule has 0 spiro atoms. The van der Waals surface area contributed by atoms with Crippen LogP contribution < -0.4 is 20.1 Å². The lowest BCUT2D eigenvalue weighted by molar-refractivity contribution is 0.0730. The monoisotopic (exact) mass is 437 g/mol. The zero-order valence-electron chi connectivity index (χ0n) is 16.2. The highest BCUT2D eigenvalue weighted by atomic mass is 32.2. The molecule has 1 heterocycles. The van der Waals surface area contributed by atoms with Gasteiger partial charge in [-0.25, -0.2) is 8.42 Å². The van der Waals surface area contributed by atoms with Gasteiger partial charge in [0.05, 0.1) is 38.0 Å². The van der Waals surface area contributed by atoms with Crippen LogP contribution in [0.1, 0.15) is 0 Å². The molecular formula is C19H23N3O5S2. The van der Waals surface area contributed by atoms with E-state index in [4.69, 9.17) is 26.4 Å². The van der Waals surface area contributed by atoms with Gasteiger partial charge in [-0.3, -0.25) is 0 Å². The highest BCUT2D eigenvalue weighted by molar-refractivity contribution is 7.89. The van der Waals surface area contributed by atoms with Crippen molar-refractivity contribution in [1.29, 1.82) is 0 Å². The molecule has 8 nitrogen and oxygen atoms in total. The molecule has 0 radical (unpaired) electrons. The highest BCUT2D eigenvalue weighted by Crippen LogP contribution is 2.29. The summed E-state index contributed by atoms with van der Waals surface area (Å²) in [5, 5.41) is 6.42. The van der Waals surface area contributed by atoms with Gasteiger partial charge in [0.2, 0.25) is 10.0 Å². The maximum atomic E-state index is 12.7. The molecule has 0 bridgehead atoms. The Balaban J connectivity index is 1.67. The molecule has 0 amide bonds. The summed E-state index contributed by atoms with van der Waals surface area (Å²) in [4.78, 5) is 0.235. The van der Waals surface area contributed by atoms with Gasteiger partial charge >= 0.3 is 0 Å². The van der Waals surface area contributed by atoms with Crippen molar-refractivity contribution in [2.45, 2.75) is 4.90 Å². The lowest BCUT2D eigenvalue weighted by Gasteiger charge is -2.26. The summed E-state index contributed by atoms with van der Waals surface area (Å²) < 4.78 is 42.6. The average molecular weight is 438 g/mol. The number of morpholine rings is 1. The van der Waals surface area contributed by atoms with E-state index in [1.807, 2.05) is 0 Å². The van der Waals surface area contributed by atoms with Crippen molar-refractivity contribution in [2.24, 2.45) is 0 Å².